The number of nitrogens with one attached hydrogen (secondary N) is 2. The van der Waals surface area contributed by atoms with E-state index in [0.29, 0.717) is 6.04 Å². The van der Waals surface area contributed by atoms with E-state index in [-0.39, 0.29) is 0 Å². The van der Waals surface area contributed by atoms with Crippen LogP contribution in [0.25, 0.3) is 22.2 Å². The van der Waals surface area contributed by atoms with Crippen LogP contribution in [-0.4, -0.2) is 16.0 Å². The second kappa shape index (κ2) is 6.67. The van der Waals surface area contributed by atoms with Gasteiger partial charge in [0.25, 0.3) is 0 Å². The van der Waals surface area contributed by atoms with E-state index >= 15 is 0 Å². The Bertz CT molecular complexity index is 891. The molecule has 0 atom stereocenters. The fraction of sp³-hybridized carbons (Fsp3) is 0.350. The maximum atomic E-state index is 12.8. The van der Waals surface area contributed by atoms with E-state index in [2.05, 4.69) is 15.3 Å². The summed E-state index contributed by atoms with van der Waals surface area (Å²) >= 11 is 0. The number of alkyl halides is 3. The quantitative estimate of drug-likeness (QED) is 0.603. The van der Waals surface area contributed by atoms with Crippen molar-refractivity contribution in [1.82, 2.24) is 9.97 Å². The first-order valence-electron chi connectivity index (χ1n) is 8.92. The van der Waals surface area contributed by atoms with Gasteiger partial charge in [-0.3, -0.25) is 0 Å². The molecule has 1 saturated carbocycles. The van der Waals surface area contributed by atoms with Crippen LogP contribution in [0.2, 0.25) is 0 Å². The summed E-state index contributed by atoms with van der Waals surface area (Å²) in [5.41, 5.74) is 2.64. The van der Waals surface area contributed by atoms with Gasteiger partial charge in [0.15, 0.2) is 0 Å². The Morgan fingerprint density at radius 3 is 2.42 bits per heavy atom. The zero-order valence-corrected chi connectivity index (χ0v) is 14.2. The molecule has 0 radical (unpaired) electrons. The lowest BCUT2D eigenvalue weighted by Gasteiger charge is -2.25. The minimum atomic E-state index is -4.33. The molecular formula is C20H20F3N3. The van der Waals surface area contributed by atoms with Crippen molar-refractivity contribution >= 4 is 16.7 Å². The molecule has 6 heteroatoms. The highest BCUT2D eigenvalue weighted by molar-refractivity contribution is 5.98. The van der Waals surface area contributed by atoms with Crippen LogP contribution in [0, 0.1) is 0 Å². The van der Waals surface area contributed by atoms with Crippen LogP contribution in [0.4, 0.5) is 18.9 Å². The molecule has 2 aromatic heterocycles. The number of aromatic nitrogens is 2. The van der Waals surface area contributed by atoms with Gasteiger partial charge in [-0.25, -0.2) is 4.98 Å². The Balaban J connectivity index is 1.75. The fourth-order valence-corrected chi connectivity index (χ4v) is 3.67. The average Bonchev–Trinajstić information content (AvgIpc) is 3.11. The Morgan fingerprint density at radius 2 is 1.73 bits per heavy atom. The first-order chi connectivity index (χ1) is 12.5. The third kappa shape index (κ3) is 3.28. The second-order valence-corrected chi connectivity index (χ2v) is 6.84. The molecule has 1 aliphatic rings. The molecule has 0 spiro atoms. The van der Waals surface area contributed by atoms with Gasteiger partial charge in [0.1, 0.15) is 5.65 Å². The minimum absolute atomic E-state index is 0.387. The second-order valence-electron chi connectivity index (χ2n) is 6.84. The number of anilines is 1. The van der Waals surface area contributed by atoms with Gasteiger partial charge >= 0.3 is 6.18 Å². The summed E-state index contributed by atoms with van der Waals surface area (Å²) in [6.07, 6.45) is 5.13. The van der Waals surface area contributed by atoms with Crippen LogP contribution >= 0.6 is 0 Å². The summed E-state index contributed by atoms with van der Waals surface area (Å²) in [6, 6.07) is 7.63. The number of rotatable bonds is 3. The molecule has 0 bridgehead atoms. The van der Waals surface area contributed by atoms with Crippen molar-refractivity contribution < 1.29 is 13.2 Å². The van der Waals surface area contributed by atoms with Crippen LogP contribution in [0.1, 0.15) is 37.7 Å². The van der Waals surface area contributed by atoms with Crippen LogP contribution in [-0.2, 0) is 6.18 Å². The zero-order valence-electron chi connectivity index (χ0n) is 14.2. The number of aromatic amines is 1. The number of pyridine rings is 1. The van der Waals surface area contributed by atoms with Gasteiger partial charge in [-0.15, -0.1) is 0 Å². The van der Waals surface area contributed by atoms with Crippen molar-refractivity contribution in [2.45, 2.75) is 44.3 Å². The smallest absolute Gasteiger partial charge is 0.381 e. The first-order valence-corrected chi connectivity index (χ1v) is 8.92. The third-order valence-electron chi connectivity index (χ3n) is 5.06. The molecule has 3 nitrogen and oxygen atoms in total. The number of halogens is 3. The van der Waals surface area contributed by atoms with Crippen LogP contribution in [0.5, 0.6) is 0 Å². The van der Waals surface area contributed by atoms with Crippen LogP contribution in [0.15, 0.2) is 42.7 Å². The number of fused-ring (bicyclic) bond motifs is 1. The van der Waals surface area contributed by atoms with Crippen molar-refractivity contribution in [3.8, 4) is 11.1 Å². The van der Waals surface area contributed by atoms with E-state index in [0.717, 1.165) is 52.8 Å². The number of benzene rings is 1. The third-order valence-corrected chi connectivity index (χ3v) is 5.06. The maximum Gasteiger partial charge on any atom is 0.416 e. The molecule has 0 saturated heterocycles. The van der Waals surface area contributed by atoms with Gasteiger partial charge in [0, 0.05) is 29.4 Å². The predicted octanol–water partition coefficient (Wildman–Crippen LogP) is 5.99. The molecule has 0 aliphatic heterocycles. The number of nitrogens with zero attached hydrogens (tertiary/aromatic N) is 1. The topological polar surface area (TPSA) is 40.7 Å². The highest BCUT2D eigenvalue weighted by Crippen LogP contribution is 2.37. The molecule has 2 N–H and O–H groups in total. The molecule has 4 rings (SSSR count). The number of H-pyrrole nitrogens is 1. The summed E-state index contributed by atoms with van der Waals surface area (Å²) in [5.74, 6) is 0. The lowest BCUT2D eigenvalue weighted by molar-refractivity contribution is -0.137. The molecule has 0 amide bonds. The van der Waals surface area contributed by atoms with Crippen molar-refractivity contribution in [3.05, 3.63) is 48.3 Å². The number of hydrogen-bond donors (Lipinski definition) is 2. The van der Waals surface area contributed by atoms with Gasteiger partial charge in [-0.1, -0.05) is 31.4 Å². The Labute approximate surface area is 149 Å². The summed E-state index contributed by atoms with van der Waals surface area (Å²) < 4.78 is 38.5. The van der Waals surface area contributed by atoms with Gasteiger partial charge in [0.2, 0.25) is 0 Å². The van der Waals surface area contributed by atoms with Gasteiger partial charge in [0.05, 0.1) is 11.3 Å². The summed E-state index contributed by atoms with van der Waals surface area (Å²) in [6.45, 7) is 0. The van der Waals surface area contributed by atoms with E-state index in [1.54, 1.807) is 6.20 Å². The maximum absolute atomic E-state index is 12.8. The molecule has 136 valence electrons. The standard InChI is InChI=1S/C20H20F3N3/c21-20(22,23)14-8-6-13(7-9-14)17-12-25-19-16(10-11-24-19)18(17)26-15-4-2-1-3-5-15/h6-12,15H,1-5H2,(H2,24,25,26). The van der Waals surface area contributed by atoms with E-state index in [1.165, 1.54) is 31.4 Å². The molecule has 0 unspecified atom stereocenters. The van der Waals surface area contributed by atoms with Crippen molar-refractivity contribution in [3.63, 3.8) is 0 Å². The number of hydrogen-bond acceptors (Lipinski definition) is 2. The lowest BCUT2D eigenvalue weighted by atomic mass is 9.94. The minimum Gasteiger partial charge on any atom is -0.381 e. The Hall–Kier alpha value is -2.50. The predicted molar refractivity (Wildman–Crippen MR) is 97.0 cm³/mol. The normalized spacial score (nSPS) is 16.1. The van der Waals surface area contributed by atoms with Crippen LogP contribution in [0.3, 0.4) is 0 Å². The van der Waals surface area contributed by atoms with Crippen molar-refractivity contribution in [2.24, 2.45) is 0 Å². The summed E-state index contributed by atoms with van der Waals surface area (Å²) in [7, 11) is 0. The van der Waals surface area contributed by atoms with Gasteiger partial charge in [-0.05, 0) is 36.6 Å². The Morgan fingerprint density at radius 1 is 1.00 bits per heavy atom. The molecule has 26 heavy (non-hydrogen) atoms. The molecule has 1 aliphatic carbocycles. The van der Waals surface area contributed by atoms with Gasteiger partial charge < -0.3 is 10.3 Å². The zero-order chi connectivity index (χ0) is 18.1. The van der Waals surface area contributed by atoms with Crippen LogP contribution < -0.4 is 5.32 Å². The highest BCUT2D eigenvalue weighted by Gasteiger charge is 2.30. The van der Waals surface area contributed by atoms with E-state index in [4.69, 9.17) is 0 Å². The summed E-state index contributed by atoms with van der Waals surface area (Å²) in [5, 5.41) is 4.61. The first kappa shape index (κ1) is 16.9. The molecule has 1 aromatic carbocycles. The van der Waals surface area contributed by atoms with Crippen molar-refractivity contribution in [1.29, 1.82) is 0 Å². The monoisotopic (exact) mass is 359 g/mol. The van der Waals surface area contributed by atoms with E-state index in [9.17, 15) is 13.2 Å². The summed E-state index contributed by atoms with van der Waals surface area (Å²) in [4.78, 5) is 7.53. The largest absolute Gasteiger partial charge is 0.416 e. The SMILES string of the molecule is FC(F)(F)c1ccc(-c2cnc3[nH]ccc3c2NC2CCCCC2)cc1. The van der Waals surface area contributed by atoms with E-state index in [1.807, 2.05) is 12.3 Å². The fourth-order valence-electron chi connectivity index (χ4n) is 3.67. The lowest BCUT2D eigenvalue weighted by Crippen LogP contribution is -2.22. The highest BCUT2D eigenvalue weighted by atomic mass is 19.4. The molecule has 1 fully saturated rings. The Kier molecular flexibility index (Phi) is 4.34. The average molecular weight is 359 g/mol. The van der Waals surface area contributed by atoms with E-state index < -0.39 is 11.7 Å². The molecule has 3 aromatic rings. The van der Waals surface area contributed by atoms with Crippen molar-refractivity contribution in [2.75, 3.05) is 5.32 Å². The molecule has 2 heterocycles. The molecular weight excluding hydrogens is 339 g/mol. The van der Waals surface area contributed by atoms with Gasteiger partial charge in [-0.2, -0.15) is 13.2 Å².